The van der Waals surface area contributed by atoms with E-state index in [4.69, 9.17) is 0 Å². The van der Waals surface area contributed by atoms with E-state index in [1.807, 2.05) is 0 Å². The van der Waals surface area contributed by atoms with E-state index in [9.17, 15) is 0 Å². The highest BCUT2D eigenvalue weighted by atomic mass is 15.1. The molecule has 138 valence electrons. The molecule has 5 rings (SSSR count). The maximum atomic E-state index is 3.65. The zero-order chi connectivity index (χ0) is 18.2. The van der Waals surface area contributed by atoms with Crippen LogP contribution < -0.4 is 0 Å². The molecule has 2 heteroatoms. The number of benzene rings is 2. The average Bonchev–Trinajstić information content (AvgIpc) is 3.07. The molecule has 2 aromatic carbocycles. The van der Waals surface area contributed by atoms with Gasteiger partial charge in [0, 0.05) is 36.2 Å². The van der Waals surface area contributed by atoms with Crippen LogP contribution in [-0.2, 0) is 12.8 Å². The van der Waals surface area contributed by atoms with Crippen molar-refractivity contribution < 1.29 is 0 Å². The lowest BCUT2D eigenvalue weighted by Crippen LogP contribution is -2.35. The minimum absolute atomic E-state index is 0.783. The van der Waals surface area contributed by atoms with E-state index in [0.29, 0.717) is 0 Å². The number of nitrogens with zero attached hydrogens (tertiary/aromatic N) is 1. The van der Waals surface area contributed by atoms with Crippen molar-refractivity contribution in [3.05, 3.63) is 77.0 Å². The van der Waals surface area contributed by atoms with E-state index in [1.165, 1.54) is 72.1 Å². The van der Waals surface area contributed by atoms with E-state index in [-0.39, 0.29) is 0 Å². The van der Waals surface area contributed by atoms with Crippen molar-refractivity contribution >= 4 is 16.5 Å². The number of aromatic amines is 1. The van der Waals surface area contributed by atoms with Gasteiger partial charge < -0.3 is 4.98 Å². The Morgan fingerprint density at radius 1 is 1.07 bits per heavy atom. The molecule has 1 aromatic heterocycles. The largest absolute Gasteiger partial charge is 0.358 e. The van der Waals surface area contributed by atoms with Gasteiger partial charge in [0.1, 0.15) is 0 Å². The van der Waals surface area contributed by atoms with Crippen molar-refractivity contribution in [2.75, 3.05) is 19.6 Å². The third kappa shape index (κ3) is 3.35. The number of fused-ring (bicyclic) bond motifs is 3. The Bertz CT molecular complexity index is 994. The molecule has 0 radical (unpaired) electrons. The third-order valence-electron chi connectivity index (χ3n) is 6.40. The van der Waals surface area contributed by atoms with Gasteiger partial charge in [0.25, 0.3) is 0 Å². The van der Waals surface area contributed by atoms with Crippen LogP contribution in [0.3, 0.4) is 0 Å². The van der Waals surface area contributed by atoms with E-state index in [0.717, 1.165) is 12.5 Å². The number of hydrogen-bond donors (Lipinski definition) is 1. The number of hydrogen-bond acceptors (Lipinski definition) is 1. The van der Waals surface area contributed by atoms with Crippen molar-refractivity contribution in [3.8, 4) is 0 Å². The smallest absolute Gasteiger partial charge is 0.0458 e. The van der Waals surface area contributed by atoms with Crippen LogP contribution in [0.2, 0.25) is 0 Å². The molecule has 1 aliphatic carbocycles. The van der Waals surface area contributed by atoms with E-state index >= 15 is 0 Å². The molecular formula is C25H28N2. The Labute approximate surface area is 161 Å². The van der Waals surface area contributed by atoms with Crippen LogP contribution in [0.5, 0.6) is 0 Å². The first-order chi connectivity index (χ1) is 13.3. The second-order valence-electron chi connectivity index (χ2n) is 8.34. The fourth-order valence-corrected chi connectivity index (χ4v) is 4.95. The zero-order valence-electron chi connectivity index (χ0n) is 16.2. The highest BCUT2D eigenvalue weighted by molar-refractivity contribution is 5.84. The van der Waals surface area contributed by atoms with Gasteiger partial charge in [-0.2, -0.15) is 0 Å². The zero-order valence-corrected chi connectivity index (χ0v) is 16.2. The lowest BCUT2D eigenvalue weighted by atomic mass is 9.85. The minimum atomic E-state index is 0.783. The number of H-pyrrole nitrogens is 1. The fourth-order valence-electron chi connectivity index (χ4n) is 4.95. The van der Waals surface area contributed by atoms with Crippen molar-refractivity contribution in [1.29, 1.82) is 0 Å². The van der Waals surface area contributed by atoms with Gasteiger partial charge in [-0.3, -0.25) is 4.90 Å². The highest BCUT2D eigenvalue weighted by Crippen LogP contribution is 2.32. The number of aromatic nitrogens is 1. The summed E-state index contributed by atoms with van der Waals surface area (Å²) in [5.74, 6) is 0.783. The summed E-state index contributed by atoms with van der Waals surface area (Å²) in [4.78, 5) is 6.30. The number of para-hydroxylation sites is 1. The van der Waals surface area contributed by atoms with Crippen LogP contribution in [0.25, 0.3) is 16.5 Å². The van der Waals surface area contributed by atoms with Gasteiger partial charge in [-0.05, 0) is 61.3 Å². The Morgan fingerprint density at radius 2 is 2.00 bits per heavy atom. The molecule has 0 spiro atoms. The SMILES string of the molecule is Cc1cccc(C2=CCN(CC3CCc4[nH]c5ccccc5c4C3)CC2)c1. The molecular weight excluding hydrogens is 328 g/mol. The molecule has 27 heavy (non-hydrogen) atoms. The Kier molecular flexibility index (Phi) is 4.37. The molecule has 1 aliphatic heterocycles. The summed E-state index contributed by atoms with van der Waals surface area (Å²) in [7, 11) is 0. The van der Waals surface area contributed by atoms with Crippen LogP contribution in [0, 0.1) is 12.8 Å². The maximum absolute atomic E-state index is 3.65. The van der Waals surface area contributed by atoms with Gasteiger partial charge in [-0.25, -0.2) is 0 Å². The van der Waals surface area contributed by atoms with Crippen LogP contribution >= 0.6 is 0 Å². The van der Waals surface area contributed by atoms with Crippen molar-refractivity contribution in [1.82, 2.24) is 9.88 Å². The Hall–Kier alpha value is -2.32. The van der Waals surface area contributed by atoms with Crippen molar-refractivity contribution in [3.63, 3.8) is 0 Å². The summed E-state index contributed by atoms with van der Waals surface area (Å²) in [6.45, 7) is 5.70. The molecule has 2 heterocycles. The molecule has 0 saturated heterocycles. The topological polar surface area (TPSA) is 19.0 Å². The quantitative estimate of drug-likeness (QED) is 0.668. The van der Waals surface area contributed by atoms with Gasteiger partial charge in [0.2, 0.25) is 0 Å². The molecule has 1 unspecified atom stereocenters. The predicted octanol–water partition coefficient (Wildman–Crippen LogP) is 5.37. The summed E-state index contributed by atoms with van der Waals surface area (Å²) >= 11 is 0. The highest BCUT2D eigenvalue weighted by Gasteiger charge is 2.24. The van der Waals surface area contributed by atoms with E-state index < -0.39 is 0 Å². The first-order valence-electron chi connectivity index (χ1n) is 10.3. The third-order valence-corrected chi connectivity index (χ3v) is 6.40. The van der Waals surface area contributed by atoms with Crippen molar-refractivity contribution in [2.24, 2.45) is 5.92 Å². The van der Waals surface area contributed by atoms with Gasteiger partial charge >= 0.3 is 0 Å². The van der Waals surface area contributed by atoms with Gasteiger partial charge in [-0.15, -0.1) is 0 Å². The van der Waals surface area contributed by atoms with Crippen LogP contribution in [0.15, 0.2) is 54.6 Å². The molecule has 1 N–H and O–H groups in total. The summed E-state index contributed by atoms with van der Waals surface area (Å²) in [5.41, 5.74) is 8.66. The van der Waals surface area contributed by atoms with Crippen LogP contribution in [0.4, 0.5) is 0 Å². The molecule has 0 fully saturated rings. The fraction of sp³-hybridized carbons (Fsp3) is 0.360. The van der Waals surface area contributed by atoms with Gasteiger partial charge in [0.05, 0.1) is 0 Å². The van der Waals surface area contributed by atoms with E-state index in [2.05, 4.69) is 71.4 Å². The normalized spacial score (nSPS) is 20.5. The van der Waals surface area contributed by atoms with Crippen LogP contribution in [-0.4, -0.2) is 29.5 Å². The molecule has 1 atom stereocenters. The predicted molar refractivity (Wildman–Crippen MR) is 114 cm³/mol. The summed E-state index contributed by atoms with van der Waals surface area (Å²) < 4.78 is 0. The molecule has 0 bridgehead atoms. The minimum Gasteiger partial charge on any atom is -0.358 e. The van der Waals surface area contributed by atoms with Crippen molar-refractivity contribution in [2.45, 2.75) is 32.6 Å². The number of nitrogens with one attached hydrogen (secondary N) is 1. The molecule has 0 saturated carbocycles. The monoisotopic (exact) mass is 356 g/mol. The van der Waals surface area contributed by atoms with Gasteiger partial charge in [0.15, 0.2) is 0 Å². The molecule has 2 nitrogen and oxygen atoms in total. The summed E-state index contributed by atoms with van der Waals surface area (Å²) in [5, 5.41) is 1.44. The molecule has 2 aliphatic rings. The lowest BCUT2D eigenvalue weighted by molar-refractivity contribution is 0.238. The first-order valence-corrected chi connectivity index (χ1v) is 10.3. The Balaban J connectivity index is 1.26. The summed E-state index contributed by atoms with van der Waals surface area (Å²) in [6.07, 6.45) is 7.37. The summed E-state index contributed by atoms with van der Waals surface area (Å²) in [6, 6.07) is 17.7. The number of rotatable bonds is 3. The lowest BCUT2D eigenvalue weighted by Gasteiger charge is -2.32. The van der Waals surface area contributed by atoms with Crippen LogP contribution in [0.1, 0.15) is 35.2 Å². The standard InChI is InChI=1S/C25H28N2/c1-18-5-4-6-21(15-18)20-11-13-27(14-12-20)17-19-9-10-25-23(16-19)22-7-2-3-8-24(22)26-25/h2-8,11,15,19,26H,9-10,12-14,16-17H2,1H3. The Morgan fingerprint density at radius 3 is 2.85 bits per heavy atom. The first kappa shape index (κ1) is 16.8. The van der Waals surface area contributed by atoms with E-state index in [1.54, 1.807) is 5.56 Å². The molecule has 3 aromatic rings. The second kappa shape index (κ2) is 7.01. The second-order valence-corrected chi connectivity index (χ2v) is 8.34. The average molecular weight is 357 g/mol. The number of aryl methyl sites for hydroxylation is 2. The molecule has 0 amide bonds. The van der Waals surface area contributed by atoms with Gasteiger partial charge in [-0.1, -0.05) is 54.1 Å². The maximum Gasteiger partial charge on any atom is 0.0458 e.